The van der Waals surface area contributed by atoms with E-state index in [9.17, 15) is 4.79 Å². The fourth-order valence-electron chi connectivity index (χ4n) is 5.25. The first-order valence-electron chi connectivity index (χ1n) is 11.8. The maximum atomic E-state index is 13.4. The molecule has 0 radical (unpaired) electrons. The summed E-state index contributed by atoms with van der Waals surface area (Å²) < 4.78 is 11.4. The smallest absolute Gasteiger partial charge is 0.185 e. The number of aromatic nitrogens is 3. The Balaban J connectivity index is 1.28. The summed E-state index contributed by atoms with van der Waals surface area (Å²) in [6.45, 7) is 2.91. The summed E-state index contributed by atoms with van der Waals surface area (Å²) in [5, 5.41) is 1.92. The molecule has 2 aliphatic rings. The Bertz CT molecular complexity index is 1570. The minimum absolute atomic E-state index is 0.00671. The first-order chi connectivity index (χ1) is 17.3. The molecule has 3 aromatic heterocycles. The van der Waals surface area contributed by atoms with Crippen LogP contribution in [0.5, 0.6) is 0 Å². The van der Waals surface area contributed by atoms with E-state index in [1.807, 2.05) is 60.9 Å². The molecule has 1 N–H and O–H groups in total. The van der Waals surface area contributed by atoms with E-state index in [0.717, 1.165) is 39.9 Å². The number of furan rings is 1. The van der Waals surface area contributed by atoms with E-state index in [4.69, 9.17) is 19.1 Å². The number of carbonyl (C=O) groups excluding carboxylic acids is 1. The normalized spacial score (nSPS) is 17.5. The van der Waals surface area contributed by atoms with E-state index in [0.29, 0.717) is 36.7 Å². The van der Waals surface area contributed by atoms with Gasteiger partial charge in [-0.15, -0.1) is 0 Å². The van der Waals surface area contributed by atoms with Gasteiger partial charge in [0, 0.05) is 41.1 Å². The van der Waals surface area contributed by atoms with Crippen molar-refractivity contribution in [1.82, 2.24) is 15.0 Å². The summed E-state index contributed by atoms with van der Waals surface area (Å²) in [5.41, 5.74) is 4.21. The van der Waals surface area contributed by atoms with Crippen molar-refractivity contribution in [2.24, 2.45) is 0 Å². The minimum atomic E-state index is 0.00671. The Morgan fingerprint density at radius 2 is 2.06 bits per heavy atom. The lowest BCUT2D eigenvalue weighted by molar-refractivity contribution is 0.0917. The zero-order chi connectivity index (χ0) is 23.4. The van der Waals surface area contributed by atoms with Crippen LogP contribution in [-0.4, -0.2) is 59.6 Å². The topological polar surface area (TPSA) is 87.5 Å². The number of aromatic amines is 1. The summed E-state index contributed by atoms with van der Waals surface area (Å²) in [7, 11) is 0. The molecule has 0 aliphatic carbocycles. The largest absolute Gasteiger partial charge is 0.464 e. The molecule has 7 rings (SSSR count). The van der Waals surface area contributed by atoms with Gasteiger partial charge in [-0.2, -0.15) is 0 Å². The molecule has 1 unspecified atom stereocenters. The van der Waals surface area contributed by atoms with Gasteiger partial charge in [-0.05, 0) is 18.2 Å². The average molecular weight is 466 g/mol. The summed E-state index contributed by atoms with van der Waals surface area (Å²) in [6, 6.07) is 15.9. The van der Waals surface area contributed by atoms with Gasteiger partial charge in [0.05, 0.1) is 43.2 Å². The number of Topliss-reactive ketones (excluding diaryl/α,β-unsaturated/α-hetero) is 1. The highest BCUT2D eigenvalue weighted by Crippen LogP contribution is 2.37. The lowest BCUT2D eigenvalue weighted by Crippen LogP contribution is -2.56. The number of nitrogens with zero attached hydrogens (tertiary/aromatic N) is 4. The van der Waals surface area contributed by atoms with E-state index in [1.165, 1.54) is 0 Å². The van der Waals surface area contributed by atoms with E-state index >= 15 is 0 Å². The number of para-hydroxylation sites is 1. The van der Waals surface area contributed by atoms with Crippen LogP contribution < -0.4 is 9.80 Å². The number of ether oxygens (including phenoxy) is 1. The molecule has 0 saturated carbocycles. The maximum Gasteiger partial charge on any atom is 0.185 e. The van der Waals surface area contributed by atoms with Gasteiger partial charge >= 0.3 is 0 Å². The predicted molar refractivity (Wildman–Crippen MR) is 134 cm³/mol. The van der Waals surface area contributed by atoms with E-state index in [-0.39, 0.29) is 18.4 Å². The fourth-order valence-corrected chi connectivity index (χ4v) is 5.25. The van der Waals surface area contributed by atoms with Gasteiger partial charge in [-0.1, -0.05) is 30.3 Å². The number of anilines is 2. The molecular weight excluding hydrogens is 442 g/mol. The molecule has 0 spiro atoms. The SMILES string of the molecule is O=C(CN1CC2COCCN2c2nc(-c3cccc4[nH]ccc34)ncc21)c1coc2ccccc12. The fraction of sp³-hybridized carbons (Fsp3) is 0.222. The quantitative estimate of drug-likeness (QED) is 0.397. The highest BCUT2D eigenvalue weighted by atomic mass is 16.5. The third-order valence-electron chi connectivity index (χ3n) is 6.97. The Labute approximate surface area is 201 Å². The summed E-state index contributed by atoms with van der Waals surface area (Å²) in [6.07, 6.45) is 5.35. The predicted octanol–water partition coefficient (Wildman–Crippen LogP) is 4.28. The molecule has 0 amide bonds. The number of nitrogens with one attached hydrogen (secondary N) is 1. The van der Waals surface area contributed by atoms with Crippen LogP contribution in [0.15, 0.2) is 71.6 Å². The van der Waals surface area contributed by atoms with Crippen molar-refractivity contribution in [3.8, 4) is 11.4 Å². The number of fused-ring (bicyclic) bond motifs is 5. The van der Waals surface area contributed by atoms with Crippen molar-refractivity contribution in [2.75, 3.05) is 42.6 Å². The highest BCUT2D eigenvalue weighted by molar-refractivity contribution is 6.09. The molecule has 174 valence electrons. The first-order valence-corrected chi connectivity index (χ1v) is 11.8. The number of rotatable bonds is 4. The van der Waals surface area contributed by atoms with Crippen LogP contribution in [0, 0.1) is 0 Å². The van der Waals surface area contributed by atoms with Gasteiger partial charge < -0.3 is 23.9 Å². The molecule has 1 fully saturated rings. The van der Waals surface area contributed by atoms with Gasteiger partial charge in [-0.25, -0.2) is 9.97 Å². The number of hydrogen-bond donors (Lipinski definition) is 1. The molecule has 5 heterocycles. The molecule has 8 nitrogen and oxygen atoms in total. The Hall–Kier alpha value is -4.17. The molecule has 1 saturated heterocycles. The van der Waals surface area contributed by atoms with E-state index in [1.54, 1.807) is 6.26 Å². The van der Waals surface area contributed by atoms with Gasteiger partial charge in [0.25, 0.3) is 0 Å². The van der Waals surface area contributed by atoms with Crippen molar-refractivity contribution in [3.63, 3.8) is 0 Å². The molecule has 8 heteroatoms. The van der Waals surface area contributed by atoms with Crippen LogP contribution >= 0.6 is 0 Å². The van der Waals surface area contributed by atoms with Crippen LogP contribution in [-0.2, 0) is 4.74 Å². The van der Waals surface area contributed by atoms with Crippen molar-refractivity contribution in [2.45, 2.75) is 6.04 Å². The second-order valence-electron chi connectivity index (χ2n) is 9.02. The first kappa shape index (κ1) is 20.2. The third kappa shape index (κ3) is 3.29. The summed E-state index contributed by atoms with van der Waals surface area (Å²) in [5.74, 6) is 1.53. The molecule has 5 aromatic rings. The zero-order valence-electron chi connectivity index (χ0n) is 19.0. The van der Waals surface area contributed by atoms with Crippen molar-refractivity contribution in [1.29, 1.82) is 0 Å². The molecule has 1 atom stereocenters. The van der Waals surface area contributed by atoms with Gasteiger partial charge in [0.1, 0.15) is 11.8 Å². The average Bonchev–Trinajstić information content (AvgIpc) is 3.56. The zero-order valence-corrected chi connectivity index (χ0v) is 19.0. The van der Waals surface area contributed by atoms with Crippen LogP contribution in [0.3, 0.4) is 0 Å². The lowest BCUT2D eigenvalue weighted by atomic mass is 10.1. The Morgan fingerprint density at radius 3 is 3.03 bits per heavy atom. The van der Waals surface area contributed by atoms with E-state index in [2.05, 4.69) is 14.8 Å². The van der Waals surface area contributed by atoms with Crippen LogP contribution in [0.4, 0.5) is 11.5 Å². The second kappa shape index (κ2) is 7.95. The Morgan fingerprint density at radius 1 is 1.11 bits per heavy atom. The monoisotopic (exact) mass is 465 g/mol. The number of morpholine rings is 1. The standard InChI is InChI=1S/C27H23N5O3/c33-24(21-16-35-25-7-2-1-4-19(21)25)14-31-13-17-15-34-11-10-32(17)27-23(31)12-29-26(30-27)20-5-3-6-22-18(20)8-9-28-22/h1-9,12,16-17,28H,10-11,13-15H2. The lowest BCUT2D eigenvalue weighted by Gasteiger charge is -2.45. The van der Waals surface area contributed by atoms with Crippen LogP contribution in [0.1, 0.15) is 10.4 Å². The second-order valence-corrected chi connectivity index (χ2v) is 9.02. The number of carbonyl (C=O) groups is 1. The summed E-state index contributed by atoms with van der Waals surface area (Å²) >= 11 is 0. The van der Waals surface area contributed by atoms with Gasteiger partial charge in [-0.3, -0.25) is 4.79 Å². The summed E-state index contributed by atoms with van der Waals surface area (Å²) in [4.78, 5) is 30.8. The Kier molecular flexibility index (Phi) is 4.60. The molecule has 2 aliphatic heterocycles. The van der Waals surface area contributed by atoms with Crippen molar-refractivity contribution < 1.29 is 13.9 Å². The van der Waals surface area contributed by atoms with Gasteiger partial charge in [0.15, 0.2) is 17.4 Å². The van der Waals surface area contributed by atoms with Crippen LogP contribution in [0.25, 0.3) is 33.3 Å². The number of benzene rings is 2. The van der Waals surface area contributed by atoms with Crippen molar-refractivity contribution in [3.05, 3.63) is 72.8 Å². The maximum absolute atomic E-state index is 13.4. The molecule has 35 heavy (non-hydrogen) atoms. The third-order valence-corrected chi connectivity index (χ3v) is 6.97. The van der Waals surface area contributed by atoms with E-state index < -0.39 is 0 Å². The number of hydrogen-bond acceptors (Lipinski definition) is 7. The molecule has 2 aromatic carbocycles. The van der Waals surface area contributed by atoms with Crippen molar-refractivity contribution >= 4 is 39.2 Å². The molecule has 0 bridgehead atoms. The minimum Gasteiger partial charge on any atom is -0.464 e. The molecular formula is C27H23N5O3. The highest BCUT2D eigenvalue weighted by Gasteiger charge is 2.36. The van der Waals surface area contributed by atoms with Crippen LogP contribution in [0.2, 0.25) is 0 Å². The van der Waals surface area contributed by atoms with Gasteiger partial charge in [0.2, 0.25) is 0 Å². The number of ketones is 1. The number of H-pyrrole nitrogens is 1.